The number of piperidine rings is 6. The van der Waals surface area contributed by atoms with Gasteiger partial charge in [0.2, 0.25) is 6.08 Å². The van der Waals surface area contributed by atoms with Gasteiger partial charge in [-0.3, -0.25) is 4.79 Å². The Labute approximate surface area is 516 Å². The lowest BCUT2D eigenvalue weighted by atomic mass is 9.75. The van der Waals surface area contributed by atoms with Crippen LogP contribution in [0.4, 0.5) is 0 Å². The molecule has 8 aliphatic rings. The second kappa shape index (κ2) is 29.5. The Morgan fingerprint density at radius 2 is 0.765 bits per heavy atom. The van der Waals surface area contributed by atoms with E-state index in [1.165, 1.54) is 42.6 Å². The van der Waals surface area contributed by atoms with Gasteiger partial charge in [0, 0.05) is 88.3 Å². The largest absolute Gasteiger partial charge is 0.481 e. The Kier molecular flexibility index (Phi) is 27.5. The number of aliphatic imine (C=N–C) groups is 1. The lowest BCUT2D eigenvalue weighted by Gasteiger charge is -2.51. The molecule has 0 amide bonds. The summed E-state index contributed by atoms with van der Waals surface area (Å²) in [5.41, 5.74) is -3.17. The summed E-state index contributed by atoms with van der Waals surface area (Å²) < 4.78 is 17.0. The highest BCUT2D eigenvalue weighted by atomic mass is 32.2. The molecule has 0 aliphatic carbocycles. The normalized spacial score (nSPS) is 30.0. The summed E-state index contributed by atoms with van der Waals surface area (Å²) in [5.74, 6) is 0.133. The van der Waals surface area contributed by atoms with Crippen molar-refractivity contribution in [3.63, 3.8) is 0 Å². The van der Waals surface area contributed by atoms with Crippen LogP contribution in [0.1, 0.15) is 250 Å². The number of carboxylic acids is 1. The molecule has 2 unspecified atom stereocenters. The average Bonchev–Trinajstić information content (AvgIpc) is 3.62. The van der Waals surface area contributed by atoms with Gasteiger partial charge in [-0.05, 0) is 250 Å². The van der Waals surface area contributed by atoms with Crippen molar-refractivity contribution in [3.8, 4) is 0 Å². The summed E-state index contributed by atoms with van der Waals surface area (Å²) in [6.07, 6.45) is 12.7. The minimum absolute atomic E-state index is 0.0269. The Morgan fingerprint density at radius 3 is 1.04 bits per heavy atom. The van der Waals surface area contributed by atoms with Crippen LogP contribution < -0.4 is 0 Å². The van der Waals surface area contributed by atoms with E-state index in [9.17, 15) is 45.9 Å². The van der Waals surface area contributed by atoms with Crippen molar-refractivity contribution < 1.29 is 65.3 Å². The molecule has 0 aromatic heterocycles. The Bertz CT molecular complexity index is 1980. The lowest BCUT2D eigenvalue weighted by Crippen LogP contribution is -2.60. The van der Waals surface area contributed by atoms with Crippen molar-refractivity contribution in [2.75, 3.05) is 25.6 Å². The van der Waals surface area contributed by atoms with E-state index in [0.717, 1.165) is 57.0 Å². The zero-order valence-electron chi connectivity index (χ0n) is 57.1. The zero-order valence-corrected chi connectivity index (χ0v) is 57.9. The number of ether oxygens (including phenoxy) is 3. The predicted octanol–water partition coefficient (Wildman–Crippen LogP) is 11.6. The fraction of sp³-hybridized carbons (Fsp3) is 0.968. The van der Waals surface area contributed by atoms with Gasteiger partial charge in [-0.15, -0.1) is 0 Å². The maximum Gasteiger partial charge on any atom is 0.306 e. The van der Waals surface area contributed by atoms with E-state index in [1.54, 1.807) is 6.08 Å². The molecule has 0 aromatic carbocycles. The number of aliphatic hydroxyl groups is 1. The molecule has 22 nitrogen and oxygen atoms in total. The van der Waals surface area contributed by atoms with Crippen molar-refractivity contribution in [1.82, 2.24) is 30.4 Å². The van der Waals surface area contributed by atoms with Gasteiger partial charge in [0.25, 0.3) is 0 Å². The SMILES string of the molecule is CC1(C)CC(C(=O)O)CC(C)(C)N1O.CC1(C)CC(N=C=O)CC(C)(C)N1O.CC1(C)CC(O)CC(C)(C)N1O.CC1(C)CC(OCC2CO2)CC(C)(C)N1O.CC1(C)CC(OCC2CS2)CC(C)(C)N1O.CC1(C)CCCC(C)(C)N1O.N#N. The molecule has 8 heterocycles. The second-order valence-electron chi connectivity index (χ2n) is 32.9. The number of carbonyl (C=O) groups is 1. The first-order valence-corrected chi connectivity index (χ1v) is 31.8. The number of aliphatic hydroxyl groups excluding tert-OH is 1. The topological polar surface area (TPSA) is 306 Å². The van der Waals surface area contributed by atoms with Crippen molar-refractivity contribution >= 4 is 23.8 Å². The molecule has 0 spiro atoms. The van der Waals surface area contributed by atoms with Gasteiger partial charge in [-0.2, -0.15) is 42.1 Å². The van der Waals surface area contributed by atoms with Crippen LogP contribution in [0.5, 0.6) is 0 Å². The first-order valence-electron chi connectivity index (χ1n) is 30.8. The number of nitrogens with zero attached hydrogens (tertiary/aromatic N) is 9. The van der Waals surface area contributed by atoms with Gasteiger partial charge in [0.1, 0.15) is 6.10 Å². The predicted molar refractivity (Wildman–Crippen MR) is 329 cm³/mol. The maximum absolute atomic E-state index is 10.9. The monoisotopic (exact) mass is 1230 g/mol. The molecular weight excluding hydrogens is 1110 g/mol. The molecule has 0 bridgehead atoms. The third kappa shape index (κ3) is 23.0. The molecule has 8 aliphatic heterocycles. The molecule has 498 valence electrons. The van der Waals surface area contributed by atoms with Gasteiger partial charge in [-0.1, -0.05) is 0 Å². The van der Waals surface area contributed by atoms with E-state index in [4.69, 9.17) is 30.1 Å². The van der Waals surface area contributed by atoms with Crippen LogP contribution in [-0.4, -0.2) is 212 Å². The summed E-state index contributed by atoms with van der Waals surface area (Å²) in [6, 6.07) is -0.0269. The highest BCUT2D eigenvalue weighted by Gasteiger charge is 2.50. The fourth-order valence-electron chi connectivity index (χ4n) is 14.4. The van der Waals surface area contributed by atoms with E-state index >= 15 is 0 Å². The summed E-state index contributed by atoms with van der Waals surface area (Å²) in [6.45, 7) is 50.3. The molecule has 8 saturated heterocycles. The molecule has 8 rings (SSSR count). The highest BCUT2D eigenvalue weighted by molar-refractivity contribution is 8.06. The van der Waals surface area contributed by atoms with Crippen molar-refractivity contribution in [2.45, 2.75) is 352 Å². The van der Waals surface area contributed by atoms with Crippen LogP contribution >= 0.6 is 11.8 Å². The number of hydrogen-bond donors (Lipinski definition) is 8. The number of thioether (sulfide) groups is 1. The van der Waals surface area contributed by atoms with Crippen LogP contribution in [-0.2, 0) is 23.8 Å². The number of carbonyl (C=O) groups excluding carboxylic acids is 1. The van der Waals surface area contributed by atoms with Crippen LogP contribution in [0, 0.1) is 16.7 Å². The van der Waals surface area contributed by atoms with Crippen LogP contribution in [0.2, 0.25) is 0 Å². The first kappa shape index (κ1) is 79.1. The summed E-state index contributed by atoms with van der Waals surface area (Å²) in [4.78, 5) is 24.9. The highest BCUT2D eigenvalue weighted by Crippen LogP contribution is 2.43. The van der Waals surface area contributed by atoms with Gasteiger partial charge < -0.3 is 55.7 Å². The number of isocyanates is 1. The summed E-state index contributed by atoms with van der Waals surface area (Å²) in [7, 11) is 0. The van der Waals surface area contributed by atoms with Gasteiger partial charge in [-0.25, -0.2) is 9.79 Å². The molecular formula is C62H121N9O13S. The standard InChI is InChI=1S/C12H23NO3.C12H23NO2S.C10H18N2O2.C10H19NO3.C9H19NO2.C9H19NO.N2/c2*1-11(2)5-9(15-7-10-8-16-10)6-12(3,4)13(11)14;1-9(2)5-8(11-7-13)6-10(3,4)12(9)14;1-9(2)5-7(8(12)13)6-10(3,4)11(9)14;1-8(2)5-7(11)6-9(3,4)10(8)12;1-8(2)6-5-7-9(3,4)10(8)11;1-2/h2*9-10,14H,5-8H2,1-4H3;8,14H,5-6H2,1-4H3;7,14H,5-6H2,1-4H3,(H,12,13);7,11-12H,5-6H2,1-4H3;11H,5-7H2,1-4H3;. The second-order valence-corrected chi connectivity index (χ2v) is 34.2. The Morgan fingerprint density at radius 1 is 0.494 bits per heavy atom. The number of hydroxylamine groups is 12. The van der Waals surface area contributed by atoms with Gasteiger partial charge >= 0.3 is 5.97 Å². The van der Waals surface area contributed by atoms with Crippen LogP contribution in [0.3, 0.4) is 0 Å². The molecule has 0 aromatic rings. The number of epoxide rings is 1. The molecule has 8 N–H and O–H groups in total. The smallest absolute Gasteiger partial charge is 0.306 e. The van der Waals surface area contributed by atoms with Crippen LogP contribution in [0.15, 0.2) is 4.99 Å². The number of aliphatic carboxylic acids is 1. The minimum Gasteiger partial charge on any atom is -0.481 e. The van der Waals surface area contributed by atoms with E-state index in [-0.39, 0.29) is 85.7 Å². The molecule has 0 radical (unpaired) electrons. The fourth-order valence-corrected chi connectivity index (χ4v) is 14.8. The number of rotatable bonds is 8. The first-order chi connectivity index (χ1) is 38.2. The Hall–Kier alpha value is -2.02. The van der Waals surface area contributed by atoms with Crippen LogP contribution in [0.25, 0.3) is 0 Å². The van der Waals surface area contributed by atoms with Crippen molar-refractivity contribution in [3.05, 3.63) is 0 Å². The quantitative estimate of drug-likeness (QED) is 0.0485. The number of carboxylic acid groups (broad SMARTS) is 1. The molecule has 2 atom stereocenters. The summed E-state index contributed by atoms with van der Waals surface area (Å²) >= 11 is 1.97. The van der Waals surface area contributed by atoms with E-state index in [2.05, 4.69) is 88.1 Å². The van der Waals surface area contributed by atoms with Gasteiger partial charge in [0.05, 0.1) is 50.1 Å². The zero-order chi connectivity index (χ0) is 66.3. The molecule has 85 heavy (non-hydrogen) atoms. The van der Waals surface area contributed by atoms with Crippen molar-refractivity contribution in [2.24, 2.45) is 10.9 Å². The van der Waals surface area contributed by atoms with E-state index < -0.39 is 17.0 Å². The number of hydrogen-bond acceptors (Lipinski definition) is 22. The Balaban J connectivity index is 0.000000347. The lowest BCUT2D eigenvalue weighted by molar-refractivity contribution is -0.261. The maximum atomic E-state index is 10.9. The third-order valence-corrected chi connectivity index (χ3v) is 19.2. The van der Waals surface area contributed by atoms with Crippen molar-refractivity contribution in [1.29, 1.82) is 10.8 Å². The van der Waals surface area contributed by atoms with E-state index in [0.29, 0.717) is 51.2 Å². The molecule has 23 heteroatoms. The van der Waals surface area contributed by atoms with Gasteiger partial charge in [0.15, 0.2) is 0 Å². The molecule has 8 fully saturated rings. The average molecular weight is 1230 g/mol. The summed E-state index contributed by atoms with van der Waals surface area (Å²) in [5, 5.41) is 99.5. The third-order valence-electron chi connectivity index (χ3n) is 18.2. The van der Waals surface area contributed by atoms with E-state index in [1.807, 2.05) is 94.8 Å². The minimum atomic E-state index is -0.765. The molecule has 0 saturated carbocycles.